The van der Waals surface area contributed by atoms with Crippen LogP contribution in [0, 0.1) is 0 Å². The van der Waals surface area contributed by atoms with E-state index in [1.54, 1.807) is 30.3 Å². The number of carbonyl (C=O) groups is 1. The van der Waals surface area contributed by atoms with Gasteiger partial charge in [-0.25, -0.2) is 0 Å². The van der Waals surface area contributed by atoms with Gasteiger partial charge in [0.15, 0.2) is 0 Å². The minimum atomic E-state index is -0.156. The molecule has 0 unspecified atom stereocenters. The third-order valence-electron chi connectivity index (χ3n) is 2.70. The van der Waals surface area contributed by atoms with E-state index in [1.165, 1.54) is 11.3 Å². The van der Waals surface area contributed by atoms with Gasteiger partial charge in [0.1, 0.15) is 0 Å². The van der Waals surface area contributed by atoms with Gasteiger partial charge in [-0.05, 0) is 35.7 Å². The van der Waals surface area contributed by atoms with E-state index in [4.69, 9.17) is 16.0 Å². The first-order valence-corrected chi connectivity index (χ1v) is 7.38. The SMILES string of the molecule is O=C(NCc1nnc(-c2ccc(Cl)cc2)o1)c1cccs1. The fraction of sp³-hybridized carbons (Fsp3) is 0.0714. The van der Waals surface area contributed by atoms with Crippen LogP contribution in [0.15, 0.2) is 46.2 Å². The van der Waals surface area contributed by atoms with Crippen molar-refractivity contribution in [3.05, 3.63) is 57.6 Å². The summed E-state index contributed by atoms with van der Waals surface area (Å²) in [5.41, 5.74) is 0.780. The summed E-state index contributed by atoms with van der Waals surface area (Å²) in [7, 11) is 0. The molecule has 0 aliphatic heterocycles. The maximum absolute atomic E-state index is 11.8. The van der Waals surface area contributed by atoms with Gasteiger partial charge in [0, 0.05) is 10.6 Å². The minimum absolute atomic E-state index is 0.156. The molecule has 3 aromatic rings. The van der Waals surface area contributed by atoms with E-state index in [9.17, 15) is 4.79 Å². The Labute approximate surface area is 129 Å². The molecule has 0 spiro atoms. The van der Waals surface area contributed by atoms with Gasteiger partial charge in [0.05, 0.1) is 11.4 Å². The molecular formula is C14H10ClN3O2S. The van der Waals surface area contributed by atoms with Crippen molar-refractivity contribution >= 4 is 28.8 Å². The lowest BCUT2D eigenvalue weighted by Crippen LogP contribution is -2.21. The predicted molar refractivity (Wildman–Crippen MR) is 80.2 cm³/mol. The van der Waals surface area contributed by atoms with Crippen LogP contribution in [0.5, 0.6) is 0 Å². The van der Waals surface area contributed by atoms with E-state index in [1.807, 2.05) is 11.4 Å². The monoisotopic (exact) mass is 319 g/mol. The Morgan fingerprint density at radius 2 is 2.05 bits per heavy atom. The smallest absolute Gasteiger partial charge is 0.261 e. The van der Waals surface area contributed by atoms with Crippen LogP contribution in [0.1, 0.15) is 15.6 Å². The van der Waals surface area contributed by atoms with Crippen LogP contribution in [0.4, 0.5) is 0 Å². The topological polar surface area (TPSA) is 68.0 Å². The molecule has 1 aromatic carbocycles. The largest absolute Gasteiger partial charge is 0.419 e. The van der Waals surface area contributed by atoms with Crippen molar-refractivity contribution in [2.75, 3.05) is 0 Å². The second kappa shape index (κ2) is 6.07. The van der Waals surface area contributed by atoms with Gasteiger partial charge < -0.3 is 9.73 Å². The van der Waals surface area contributed by atoms with Crippen LogP contribution < -0.4 is 5.32 Å². The molecule has 5 nitrogen and oxygen atoms in total. The molecule has 1 N–H and O–H groups in total. The lowest BCUT2D eigenvalue weighted by atomic mass is 10.2. The Balaban J connectivity index is 1.65. The number of hydrogen-bond donors (Lipinski definition) is 1. The van der Waals surface area contributed by atoms with E-state index in [0.29, 0.717) is 21.7 Å². The summed E-state index contributed by atoms with van der Waals surface area (Å²) in [4.78, 5) is 12.4. The number of halogens is 1. The number of nitrogens with zero attached hydrogens (tertiary/aromatic N) is 2. The van der Waals surface area contributed by atoms with Crippen molar-refractivity contribution in [2.24, 2.45) is 0 Å². The zero-order valence-electron chi connectivity index (χ0n) is 10.7. The summed E-state index contributed by atoms with van der Waals surface area (Å²) in [5.74, 6) is 0.591. The first-order valence-electron chi connectivity index (χ1n) is 6.12. The van der Waals surface area contributed by atoms with E-state index >= 15 is 0 Å². The number of aromatic nitrogens is 2. The number of carbonyl (C=O) groups excluding carboxylic acids is 1. The number of benzene rings is 1. The van der Waals surface area contributed by atoms with Gasteiger partial charge in [-0.2, -0.15) is 0 Å². The normalized spacial score (nSPS) is 10.5. The number of rotatable bonds is 4. The standard InChI is InChI=1S/C14H10ClN3O2S/c15-10-5-3-9(4-6-10)14-18-17-12(20-14)8-16-13(19)11-2-1-7-21-11/h1-7H,8H2,(H,16,19). The van der Waals surface area contributed by atoms with E-state index in [0.717, 1.165) is 5.56 Å². The molecule has 0 bridgehead atoms. The Kier molecular flexibility index (Phi) is 3.98. The van der Waals surface area contributed by atoms with Crippen molar-refractivity contribution in [3.8, 4) is 11.5 Å². The molecule has 7 heteroatoms. The van der Waals surface area contributed by atoms with Gasteiger partial charge in [-0.1, -0.05) is 17.7 Å². The van der Waals surface area contributed by atoms with Crippen molar-refractivity contribution < 1.29 is 9.21 Å². The maximum Gasteiger partial charge on any atom is 0.261 e. The fourth-order valence-electron chi connectivity index (χ4n) is 1.68. The summed E-state index contributed by atoms with van der Waals surface area (Å²) in [6.07, 6.45) is 0. The summed E-state index contributed by atoms with van der Waals surface area (Å²) < 4.78 is 5.50. The van der Waals surface area contributed by atoms with E-state index < -0.39 is 0 Å². The van der Waals surface area contributed by atoms with Crippen LogP contribution in [0.2, 0.25) is 5.02 Å². The molecule has 0 aliphatic carbocycles. The van der Waals surface area contributed by atoms with Crippen molar-refractivity contribution in [2.45, 2.75) is 6.54 Å². The summed E-state index contributed by atoms with van der Waals surface area (Å²) in [6, 6.07) is 10.7. The predicted octanol–water partition coefficient (Wildman–Crippen LogP) is 3.38. The summed E-state index contributed by atoms with van der Waals surface area (Å²) in [5, 5.41) is 13.1. The average molecular weight is 320 g/mol. The zero-order chi connectivity index (χ0) is 14.7. The quantitative estimate of drug-likeness (QED) is 0.800. The molecule has 3 rings (SSSR count). The lowest BCUT2D eigenvalue weighted by Gasteiger charge is -1.99. The Morgan fingerprint density at radius 1 is 1.24 bits per heavy atom. The second-order valence-corrected chi connectivity index (χ2v) is 5.55. The van der Waals surface area contributed by atoms with Gasteiger partial charge in [-0.15, -0.1) is 21.5 Å². The zero-order valence-corrected chi connectivity index (χ0v) is 12.3. The van der Waals surface area contributed by atoms with E-state index in [-0.39, 0.29) is 12.5 Å². The second-order valence-electron chi connectivity index (χ2n) is 4.17. The van der Waals surface area contributed by atoms with Crippen LogP contribution in [-0.2, 0) is 6.54 Å². The summed E-state index contributed by atoms with van der Waals surface area (Å²) in [6.45, 7) is 0.192. The highest BCUT2D eigenvalue weighted by atomic mass is 35.5. The molecule has 0 saturated heterocycles. The number of nitrogens with one attached hydrogen (secondary N) is 1. The third-order valence-corrected chi connectivity index (χ3v) is 3.82. The van der Waals surface area contributed by atoms with Crippen LogP contribution in [-0.4, -0.2) is 16.1 Å². The molecule has 0 saturated carbocycles. The highest BCUT2D eigenvalue weighted by Crippen LogP contribution is 2.20. The van der Waals surface area contributed by atoms with Gasteiger partial charge >= 0.3 is 0 Å². The maximum atomic E-state index is 11.8. The summed E-state index contributed by atoms with van der Waals surface area (Å²) >= 11 is 7.20. The third kappa shape index (κ3) is 3.29. The van der Waals surface area contributed by atoms with E-state index in [2.05, 4.69) is 15.5 Å². The Hall–Kier alpha value is -2.18. The minimum Gasteiger partial charge on any atom is -0.419 e. The molecule has 21 heavy (non-hydrogen) atoms. The number of thiophene rings is 1. The Morgan fingerprint density at radius 3 is 2.76 bits per heavy atom. The van der Waals surface area contributed by atoms with Gasteiger partial charge in [-0.3, -0.25) is 4.79 Å². The van der Waals surface area contributed by atoms with Crippen molar-refractivity contribution in [3.63, 3.8) is 0 Å². The molecule has 0 fully saturated rings. The number of hydrogen-bond acceptors (Lipinski definition) is 5. The molecule has 0 atom stereocenters. The first-order chi connectivity index (χ1) is 10.2. The average Bonchev–Trinajstić information content (AvgIpc) is 3.17. The Bertz CT molecular complexity index is 738. The molecule has 2 heterocycles. The highest BCUT2D eigenvalue weighted by Gasteiger charge is 2.11. The van der Waals surface area contributed by atoms with Gasteiger partial charge in [0.25, 0.3) is 5.91 Å². The highest BCUT2D eigenvalue weighted by molar-refractivity contribution is 7.12. The van der Waals surface area contributed by atoms with Gasteiger partial charge in [0.2, 0.25) is 11.8 Å². The molecule has 0 radical (unpaired) electrons. The van der Waals surface area contributed by atoms with Crippen LogP contribution in [0.3, 0.4) is 0 Å². The molecule has 2 aromatic heterocycles. The first kappa shape index (κ1) is 13.8. The number of amides is 1. The molecule has 0 aliphatic rings. The molecular weight excluding hydrogens is 310 g/mol. The molecule has 1 amide bonds. The van der Waals surface area contributed by atoms with Crippen LogP contribution in [0.25, 0.3) is 11.5 Å². The lowest BCUT2D eigenvalue weighted by molar-refractivity contribution is 0.0951. The molecule has 106 valence electrons. The fourth-order valence-corrected chi connectivity index (χ4v) is 2.45. The van der Waals surface area contributed by atoms with Crippen molar-refractivity contribution in [1.82, 2.24) is 15.5 Å². The van der Waals surface area contributed by atoms with Crippen molar-refractivity contribution in [1.29, 1.82) is 0 Å². The van der Waals surface area contributed by atoms with Crippen LogP contribution >= 0.6 is 22.9 Å².